The van der Waals surface area contributed by atoms with Crippen molar-refractivity contribution in [3.63, 3.8) is 0 Å². The molecule has 0 atom stereocenters. The summed E-state index contributed by atoms with van der Waals surface area (Å²) in [4.78, 5) is 13.4. The molecule has 0 spiro atoms. The SMILES string of the molecule is C=CCOC(=O)c1cccc(-c2ccc(/C=C3\SC(=S)NC3=S)o2)c1. The summed E-state index contributed by atoms with van der Waals surface area (Å²) in [6, 6.07) is 10.8. The fraction of sp³-hybridized carbons (Fsp3) is 0.0556. The molecule has 0 amide bonds. The molecule has 0 unspecified atom stereocenters. The van der Waals surface area contributed by atoms with Crippen molar-refractivity contribution in [2.24, 2.45) is 0 Å². The van der Waals surface area contributed by atoms with E-state index in [9.17, 15) is 4.79 Å². The van der Waals surface area contributed by atoms with Gasteiger partial charge in [0.05, 0.1) is 10.5 Å². The Balaban J connectivity index is 1.82. The Morgan fingerprint density at radius 3 is 2.88 bits per heavy atom. The first-order valence-corrected chi connectivity index (χ1v) is 8.93. The molecule has 1 fully saturated rings. The molecule has 0 aliphatic carbocycles. The molecule has 2 heterocycles. The molecule has 1 aliphatic rings. The first-order chi connectivity index (χ1) is 12.1. The van der Waals surface area contributed by atoms with Crippen molar-refractivity contribution in [3.05, 3.63) is 65.3 Å². The average molecular weight is 388 g/mol. The van der Waals surface area contributed by atoms with E-state index in [-0.39, 0.29) is 6.61 Å². The number of esters is 1. The van der Waals surface area contributed by atoms with Gasteiger partial charge in [-0.05, 0) is 30.3 Å². The van der Waals surface area contributed by atoms with E-state index < -0.39 is 5.97 Å². The lowest BCUT2D eigenvalue weighted by Crippen LogP contribution is -2.15. The van der Waals surface area contributed by atoms with Crippen LogP contribution in [0.15, 0.2) is 58.4 Å². The Kier molecular flexibility index (Phi) is 5.47. The van der Waals surface area contributed by atoms with E-state index in [1.807, 2.05) is 24.3 Å². The van der Waals surface area contributed by atoms with Crippen molar-refractivity contribution in [2.75, 3.05) is 6.61 Å². The second-order valence-corrected chi connectivity index (χ2v) is 7.15. The van der Waals surface area contributed by atoms with Gasteiger partial charge in [0.25, 0.3) is 0 Å². The highest BCUT2D eigenvalue weighted by molar-refractivity contribution is 8.27. The van der Waals surface area contributed by atoms with Crippen LogP contribution in [0, 0.1) is 0 Å². The zero-order chi connectivity index (χ0) is 17.8. The van der Waals surface area contributed by atoms with Crippen molar-refractivity contribution >= 4 is 57.6 Å². The summed E-state index contributed by atoms with van der Waals surface area (Å²) in [7, 11) is 0. The van der Waals surface area contributed by atoms with Crippen LogP contribution in [0.5, 0.6) is 0 Å². The van der Waals surface area contributed by atoms with E-state index in [1.165, 1.54) is 17.8 Å². The first kappa shape index (κ1) is 17.6. The Morgan fingerprint density at radius 2 is 2.16 bits per heavy atom. The average Bonchev–Trinajstić information content (AvgIpc) is 3.19. The van der Waals surface area contributed by atoms with Crippen molar-refractivity contribution in [1.29, 1.82) is 0 Å². The summed E-state index contributed by atoms with van der Waals surface area (Å²) >= 11 is 11.7. The third-order valence-electron chi connectivity index (χ3n) is 3.26. The zero-order valence-corrected chi connectivity index (χ0v) is 15.4. The maximum atomic E-state index is 11.9. The highest BCUT2D eigenvalue weighted by Crippen LogP contribution is 2.29. The van der Waals surface area contributed by atoms with Gasteiger partial charge in [-0.25, -0.2) is 4.79 Å². The van der Waals surface area contributed by atoms with E-state index in [0.717, 1.165) is 10.5 Å². The van der Waals surface area contributed by atoms with E-state index in [1.54, 1.807) is 18.2 Å². The predicted octanol–water partition coefficient (Wildman–Crippen LogP) is 4.58. The lowest BCUT2D eigenvalue weighted by atomic mass is 10.1. The van der Waals surface area contributed by atoms with E-state index in [0.29, 0.717) is 26.4 Å². The van der Waals surface area contributed by atoms with Crippen molar-refractivity contribution in [3.8, 4) is 11.3 Å². The number of carbonyl (C=O) groups excluding carboxylic acids is 1. The van der Waals surface area contributed by atoms with Gasteiger partial charge in [0.2, 0.25) is 0 Å². The van der Waals surface area contributed by atoms with Crippen LogP contribution in [-0.4, -0.2) is 21.9 Å². The van der Waals surface area contributed by atoms with Gasteiger partial charge in [0.15, 0.2) is 0 Å². The molecule has 1 aromatic carbocycles. The lowest BCUT2D eigenvalue weighted by molar-refractivity contribution is 0.0550. The van der Waals surface area contributed by atoms with Gasteiger partial charge in [-0.2, -0.15) is 0 Å². The minimum absolute atomic E-state index is 0.176. The number of thioether (sulfide) groups is 1. The van der Waals surface area contributed by atoms with Crippen LogP contribution >= 0.6 is 36.2 Å². The summed E-state index contributed by atoms with van der Waals surface area (Å²) < 4.78 is 11.5. The van der Waals surface area contributed by atoms with Crippen molar-refractivity contribution < 1.29 is 13.9 Å². The summed E-state index contributed by atoms with van der Waals surface area (Å²) in [6.07, 6.45) is 3.37. The molecule has 1 saturated heterocycles. The number of furan rings is 1. The molecular formula is C18H13NO3S3. The third-order valence-corrected chi connectivity index (χ3v) is 4.89. The van der Waals surface area contributed by atoms with Gasteiger partial charge < -0.3 is 14.5 Å². The molecular weight excluding hydrogens is 374 g/mol. The minimum atomic E-state index is -0.400. The number of benzene rings is 1. The fourth-order valence-corrected chi connectivity index (χ4v) is 3.61. The number of carbonyl (C=O) groups is 1. The molecule has 25 heavy (non-hydrogen) atoms. The van der Waals surface area contributed by atoms with Crippen LogP contribution in [0.25, 0.3) is 17.4 Å². The van der Waals surface area contributed by atoms with Gasteiger partial charge in [0, 0.05) is 5.56 Å². The highest BCUT2D eigenvalue weighted by Gasteiger charge is 2.19. The molecule has 3 rings (SSSR count). The Labute approximate surface area is 159 Å². The van der Waals surface area contributed by atoms with Gasteiger partial charge >= 0.3 is 5.97 Å². The standard InChI is InChI=1S/C18H13NO3S3/c1-2-8-21-17(20)12-5-3-4-11(9-12)14-7-6-13(22-14)10-15-16(23)19-18(24)25-15/h2-7,9-10H,1,8H2,(H,19,23,24)/b15-10-. The maximum absolute atomic E-state index is 11.9. The Morgan fingerprint density at radius 1 is 1.32 bits per heavy atom. The molecule has 0 bridgehead atoms. The number of thiocarbonyl (C=S) groups is 2. The molecule has 2 aromatic rings. The number of ether oxygens (including phenoxy) is 1. The van der Waals surface area contributed by atoms with Crippen molar-refractivity contribution in [1.82, 2.24) is 5.32 Å². The second-order valence-electron chi connectivity index (χ2n) is 5.02. The van der Waals surface area contributed by atoms with Crippen LogP contribution in [0.2, 0.25) is 0 Å². The molecule has 1 aromatic heterocycles. The highest BCUT2D eigenvalue weighted by atomic mass is 32.2. The summed E-state index contributed by atoms with van der Waals surface area (Å²) in [5, 5.41) is 2.92. The second kappa shape index (κ2) is 7.77. The summed E-state index contributed by atoms with van der Waals surface area (Å²) in [5.41, 5.74) is 1.24. The predicted molar refractivity (Wildman–Crippen MR) is 109 cm³/mol. The molecule has 126 valence electrons. The van der Waals surface area contributed by atoms with Gasteiger partial charge in [0.1, 0.15) is 27.4 Å². The van der Waals surface area contributed by atoms with Gasteiger partial charge in [-0.3, -0.25) is 0 Å². The molecule has 0 radical (unpaired) electrons. The Bertz CT molecular complexity index is 898. The summed E-state index contributed by atoms with van der Waals surface area (Å²) in [5.74, 6) is 0.906. The summed E-state index contributed by atoms with van der Waals surface area (Å²) in [6.45, 7) is 3.70. The number of hydrogen-bond donors (Lipinski definition) is 1. The van der Waals surface area contributed by atoms with Gasteiger partial charge in [-0.1, -0.05) is 61.0 Å². The van der Waals surface area contributed by atoms with Crippen LogP contribution in [-0.2, 0) is 4.74 Å². The van der Waals surface area contributed by atoms with Crippen LogP contribution < -0.4 is 5.32 Å². The number of hydrogen-bond acceptors (Lipinski definition) is 6. The molecule has 7 heteroatoms. The van der Waals surface area contributed by atoms with E-state index in [4.69, 9.17) is 33.6 Å². The first-order valence-electron chi connectivity index (χ1n) is 7.30. The normalized spacial score (nSPS) is 15.3. The van der Waals surface area contributed by atoms with Crippen LogP contribution in [0.3, 0.4) is 0 Å². The molecule has 0 saturated carbocycles. The quantitative estimate of drug-likeness (QED) is 0.349. The molecule has 1 aliphatic heterocycles. The zero-order valence-electron chi connectivity index (χ0n) is 13.0. The van der Waals surface area contributed by atoms with E-state index in [2.05, 4.69) is 11.9 Å². The monoisotopic (exact) mass is 387 g/mol. The fourth-order valence-electron chi connectivity index (χ4n) is 2.15. The van der Waals surface area contributed by atoms with E-state index >= 15 is 0 Å². The third kappa shape index (κ3) is 4.25. The number of rotatable bonds is 5. The number of nitrogens with one attached hydrogen (secondary N) is 1. The lowest BCUT2D eigenvalue weighted by Gasteiger charge is -2.03. The van der Waals surface area contributed by atoms with Crippen LogP contribution in [0.1, 0.15) is 16.1 Å². The Hall–Kier alpha value is -2.22. The molecule has 1 N–H and O–H groups in total. The topological polar surface area (TPSA) is 51.5 Å². The van der Waals surface area contributed by atoms with Crippen molar-refractivity contribution in [2.45, 2.75) is 0 Å². The van der Waals surface area contributed by atoms with Crippen LogP contribution in [0.4, 0.5) is 0 Å². The molecule has 4 nitrogen and oxygen atoms in total. The largest absolute Gasteiger partial charge is 0.458 e. The smallest absolute Gasteiger partial charge is 0.338 e. The minimum Gasteiger partial charge on any atom is -0.458 e. The van der Waals surface area contributed by atoms with Gasteiger partial charge in [-0.15, -0.1) is 0 Å². The maximum Gasteiger partial charge on any atom is 0.338 e.